The van der Waals surface area contributed by atoms with E-state index in [1.807, 2.05) is 6.11 Å². The van der Waals surface area contributed by atoms with Gasteiger partial charge in [0.2, 0.25) is 7.28 Å². The maximum Gasteiger partial charge on any atom is 0.209 e. The Morgan fingerprint density at radius 2 is 2.00 bits per heavy atom. The van der Waals surface area contributed by atoms with Gasteiger partial charge in [0.05, 0.1) is 5.69 Å². The van der Waals surface area contributed by atoms with Crippen molar-refractivity contribution in [1.82, 2.24) is 0 Å². The van der Waals surface area contributed by atoms with Crippen LogP contribution in [-0.2, 0) is 5.41 Å². The monoisotopic (exact) mass is 170 g/mol. The van der Waals surface area contributed by atoms with Crippen molar-refractivity contribution in [2.45, 2.75) is 26.2 Å². The quantitative estimate of drug-likeness (QED) is 0.528. The SMILES string of the molecule is CC(C)(C)c1ccc2c(c1)[B]C=N2. The van der Waals surface area contributed by atoms with Gasteiger partial charge in [0.1, 0.15) is 0 Å². The van der Waals surface area contributed by atoms with E-state index in [1.165, 1.54) is 11.0 Å². The number of hydrogen-bond acceptors (Lipinski definition) is 1. The summed E-state index contributed by atoms with van der Waals surface area (Å²) in [6, 6.07) is 6.48. The highest BCUT2D eigenvalue weighted by Crippen LogP contribution is 2.23. The molecule has 0 atom stereocenters. The fraction of sp³-hybridized carbons (Fsp3) is 0.364. The maximum atomic E-state index is 4.24. The van der Waals surface area contributed by atoms with Crippen LogP contribution in [0.2, 0.25) is 0 Å². The third-order valence-corrected chi connectivity index (χ3v) is 2.36. The van der Waals surface area contributed by atoms with Crippen LogP contribution >= 0.6 is 0 Å². The van der Waals surface area contributed by atoms with E-state index in [1.54, 1.807) is 0 Å². The summed E-state index contributed by atoms with van der Waals surface area (Å²) in [4.78, 5) is 4.24. The Morgan fingerprint density at radius 1 is 1.23 bits per heavy atom. The zero-order valence-electron chi connectivity index (χ0n) is 8.33. The molecule has 1 aliphatic rings. The van der Waals surface area contributed by atoms with E-state index < -0.39 is 0 Å². The van der Waals surface area contributed by atoms with Crippen molar-refractivity contribution in [2.24, 2.45) is 4.99 Å². The van der Waals surface area contributed by atoms with E-state index in [-0.39, 0.29) is 5.41 Å². The van der Waals surface area contributed by atoms with Gasteiger partial charge >= 0.3 is 0 Å². The second-order valence-corrected chi connectivity index (χ2v) is 4.47. The average Bonchev–Trinajstić information content (AvgIpc) is 2.47. The summed E-state index contributed by atoms with van der Waals surface area (Å²) >= 11 is 0. The van der Waals surface area contributed by atoms with Crippen molar-refractivity contribution >= 4 is 24.5 Å². The molecule has 0 amide bonds. The van der Waals surface area contributed by atoms with E-state index in [4.69, 9.17) is 0 Å². The second-order valence-electron chi connectivity index (χ2n) is 4.47. The first kappa shape index (κ1) is 8.55. The highest BCUT2D eigenvalue weighted by molar-refractivity contribution is 6.82. The molecule has 1 aromatic rings. The molecule has 0 aromatic heterocycles. The van der Waals surface area contributed by atoms with Gasteiger partial charge in [0.15, 0.2) is 0 Å². The van der Waals surface area contributed by atoms with Crippen molar-refractivity contribution in [3.63, 3.8) is 0 Å². The Hall–Kier alpha value is -1.05. The summed E-state index contributed by atoms with van der Waals surface area (Å²) in [6.45, 7) is 6.68. The van der Waals surface area contributed by atoms with Crippen LogP contribution in [0.25, 0.3) is 0 Å². The molecular formula is C11H13BN. The van der Waals surface area contributed by atoms with Crippen LogP contribution in [0, 0.1) is 0 Å². The van der Waals surface area contributed by atoms with Gasteiger partial charge in [-0.15, -0.1) is 0 Å². The van der Waals surface area contributed by atoms with Gasteiger partial charge in [0.25, 0.3) is 0 Å². The van der Waals surface area contributed by atoms with Crippen molar-refractivity contribution in [3.8, 4) is 0 Å². The van der Waals surface area contributed by atoms with Crippen LogP contribution < -0.4 is 5.46 Å². The molecule has 0 aliphatic carbocycles. The Morgan fingerprint density at radius 3 is 2.69 bits per heavy atom. The van der Waals surface area contributed by atoms with E-state index in [0.29, 0.717) is 0 Å². The van der Waals surface area contributed by atoms with Gasteiger partial charge < -0.3 is 0 Å². The molecule has 2 rings (SSSR count). The van der Waals surface area contributed by atoms with Crippen LogP contribution in [0.15, 0.2) is 23.2 Å². The standard InChI is InChI=1S/C11H13BN/c1-11(2,3)8-4-5-10-9(6-8)12-7-13-10/h4-7H,1-3H3. The molecule has 1 heterocycles. The molecule has 0 saturated carbocycles. The molecule has 0 spiro atoms. The molecule has 0 saturated heterocycles. The maximum absolute atomic E-state index is 4.24. The van der Waals surface area contributed by atoms with Gasteiger partial charge in [-0.2, -0.15) is 0 Å². The van der Waals surface area contributed by atoms with E-state index in [0.717, 1.165) is 5.69 Å². The summed E-state index contributed by atoms with van der Waals surface area (Å²) in [5.74, 6) is 0. The van der Waals surface area contributed by atoms with E-state index in [2.05, 4.69) is 51.2 Å². The molecule has 1 nitrogen and oxygen atoms in total. The first-order chi connectivity index (χ1) is 6.07. The molecule has 65 valence electrons. The predicted octanol–water partition coefficient (Wildman–Crippen LogP) is 1.99. The van der Waals surface area contributed by atoms with Crippen molar-refractivity contribution in [3.05, 3.63) is 23.8 Å². The van der Waals surface area contributed by atoms with Crippen molar-refractivity contribution in [1.29, 1.82) is 0 Å². The summed E-state index contributed by atoms with van der Waals surface area (Å²) < 4.78 is 0. The third-order valence-electron chi connectivity index (χ3n) is 2.36. The number of hydrogen-bond donors (Lipinski definition) is 0. The zero-order valence-corrected chi connectivity index (χ0v) is 8.33. The molecule has 0 unspecified atom stereocenters. The minimum atomic E-state index is 0.228. The Balaban J connectivity index is 2.45. The first-order valence-corrected chi connectivity index (χ1v) is 4.59. The summed E-state index contributed by atoms with van der Waals surface area (Å²) in [6.07, 6.45) is 1.86. The van der Waals surface area contributed by atoms with E-state index in [9.17, 15) is 0 Å². The molecule has 1 aromatic carbocycles. The topological polar surface area (TPSA) is 12.4 Å². The molecule has 0 N–H and O–H groups in total. The lowest BCUT2D eigenvalue weighted by Gasteiger charge is -2.19. The van der Waals surface area contributed by atoms with Gasteiger partial charge in [-0.05, 0) is 23.2 Å². The Kier molecular flexibility index (Phi) is 1.79. The van der Waals surface area contributed by atoms with Crippen molar-refractivity contribution < 1.29 is 0 Å². The minimum absolute atomic E-state index is 0.228. The van der Waals surface area contributed by atoms with Crippen molar-refractivity contribution in [2.75, 3.05) is 0 Å². The van der Waals surface area contributed by atoms with Gasteiger partial charge in [0, 0.05) is 0 Å². The van der Waals surface area contributed by atoms with Gasteiger partial charge in [-0.1, -0.05) is 38.4 Å². The second kappa shape index (κ2) is 2.73. The molecule has 2 heteroatoms. The average molecular weight is 170 g/mol. The normalized spacial score (nSPS) is 14.1. The lowest BCUT2D eigenvalue weighted by Crippen LogP contribution is -2.17. The van der Waals surface area contributed by atoms with Crippen LogP contribution in [0.3, 0.4) is 0 Å². The number of nitrogens with zero attached hydrogens (tertiary/aromatic N) is 1. The number of aliphatic imine (C=N–C) groups is 1. The first-order valence-electron chi connectivity index (χ1n) is 4.59. The smallest absolute Gasteiger partial charge is 0.209 e. The van der Waals surface area contributed by atoms with Crippen LogP contribution in [0.5, 0.6) is 0 Å². The molecule has 13 heavy (non-hydrogen) atoms. The van der Waals surface area contributed by atoms with Crippen LogP contribution in [-0.4, -0.2) is 13.4 Å². The van der Waals surface area contributed by atoms with E-state index >= 15 is 0 Å². The minimum Gasteiger partial charge on any atom is -0.272 e. The zero-order chi connectivity index (χ0) is 9.47. The molecular weight excluding hydrogens is 157 g/mol. The highest BCUT2D eigenvalue weighted by atomic mass is 14.7. The summed E-state index contributed by atoms with van der Waals surface area (Å²) in [7, 11) is 2.06. The van der Waals surface area contributed by atoms with Gasteiger partial charge in [-0.25, -0.2) is 0 Å². The third kappa shape index (κ3) is 1.53. The summed E-state index contributed by atoms with van der Waals surface area (Å²) in [5.41, 5.74) is 3.93. The number of rotatable bonds is 0. The lowest BCUT2D eigenvalue weighted by molar-refractivity contribution is 0.591. The fourth-order valence-electron chi connectivity index (χ4n) is 1.47. The molecule has 0 bridgehead atoms. The highest BCUT2D eigenvalue weighted by Gasteiger charge is 2.16. The predicted molar refractivity (Wildman–Crippen MR) is 58.7 cm³/mol. The largest absolute Gasteiger partial charge is 0.272 e. The lowest BCUT2D eigenvalue weighted by atomic mass is 9.71. The molecule has 1 aliphatic heterocycles. The number of fused-ring (bicyclic) bond motifs is 1. The fourth-order valence-corrected chi connectivity index (χ4v) is 1.47. The Bertz CT molecular complexity index is 361. The van der Waals surface area contributed by atoms with Crippen LogP contribution in [0.4, 0.5) is 5.69 Å². The Labute approximate surface area is 80.1 Å². The summed E-state index contributed by atoms with van der Waals surface area (Å²) in [5, 5.41) is 0. The molecule has 1 radical (unpaired) electrons. The molecule has 0 fully saturated rings. The van der Waals surface area contributed by atoms with Crippen LogP contribution in [0.1, 0.15) is 26.3 Å². The number of benzene rings is 1. The van der Waals surface area contributed by atoms with Gasteiger partial charge in [-0.3, -0.25) is 4.99 Å².